The lowest BCUT2D eigenvalue weighted by molar-refractivity contribution is 0.104. The van der Waals surface area contributed by atoms with Crippen molar-refractivity contribution in [2.75, 3.05) is 5.73 Å². The van der Waals surface area contributed by atoms with Gasteiger partial charge in [-0.1, -0.05) is 35.9 Å². The molecule has 0 unspecified atom stereocenters. The molecule has 0 bridgehead atoms. The smallest absolute Gasteiger partial charge is 0.193 e. The van der Waals surface area contributed by atoms with Crippen LogP contribution >= 0.6 is 11.6 Å². The zero-order valence-electron chi connectivity index (χ0n) is 10.9. The minimum Gasteiger partial charge on any atom is -0.398 e. The van der Waals surface area contributed by atoms with Gasteiger partial charge < -0.3 is 5.73 Å². The second-order valence-electron chi connectivity index (χ2n) is 4.71. The number of hydrogen-bond donors (Lipinski definition) is 1. The van der Waals surface area contributed by atoms with Gasteiger partial charge in [0.15, 0.2) is 5.78 Å². The van der Waals surface area contributed by atoms with Crippen molar-refractivity contribution in [2.45, 2.75) is 0 Å². The molecule has 0 atom stereocenters. The number of rotatable bonds is 2. The Kier molecular flexibility index (Phi) is 3.35. The molecule has 3 rings (SSSR count). The third-order valence-electron chi connectivity index (χ3n) is 3.37. The van der Waals surface area contributed by atoms with Crippen molar-refractivity contribution in [3.8, 4) is 0 Å². The van der Waals surface area contributed by atoms with E-state index in [1.165, 1.54) is 18.2 Å². The molecule has 2 N–H and O–H groups in total. The Hall–Kier alpha value is -2.39. The summed E-state index contributed by atoms with van der Waals surface area (Å²) in [6.07, 6.45) is 0. The number of carbonyl (C=O) groups is 1. The molecular weight excluding hydrogens is 289 g/mol. The fourth-order valence-electron chi connectivity index (χ4n) is 2.30. The number of benzene rings is 3. The van der Waals surface area contributed by atoms with Crippen molar-refractivity contribution < 1.29 is 9.18 Å². The number of carbonyl (C=O) groups excluding carboxylic acids is 1. The van der Waals surface area contributed by atoms with Crippen molar-refractivity contribution in [3.63, 3.8) is 0 Å². The number of ketones is 1. The maximum Gasteiger partial charge on any atom is 0.193 e. The Balaban J connectivity index is 2.18. The summed E-state index contributed by atoms with van der Waals surface area (Å²) in [5, 5.41) is 1.40. The highest BCUT2D eigenvalue weighted by Gasteiger charge is 2.15. The van der Waals surface area contributed by atoms with Crippen molar-refractivity contribution in [1.29, 1.82) is 0 Å². The lowest BCUT2D eigenvalue weighted by atomic mass is 9.97. The fourth-order valence-corrected chi connectivity index (χ4v) is 2.42. The molecule has 4 heteroatoms. The third kappa shape index (κ3) is 2.36. The van der Waals surface area contributed by atoms with Crippen LogP contribution in [-0.2, 0) is 0 Å². The van der Waals surface area contributed by atoms with E-state index in [1.807, 2.05) is 0 Å². The molecule has 0 fully saturated rings. The van der Waals surface area contributed by atoms with E-state index in [4.69, 9.17) is 17.3 Å². The van der Waals surface area contributed by atoms with Gasteiger partial charge in [-0.2, -0.15) is 0 Å². The summed E-state index contributed by atoms with van der Waals surface area (Å²) in [6, 6.07) is 14.4. The van der Waals surface area contributed by atoms with E-state index in [9.17, 15) is 9.18 Å². The minimum atomic E-state index is -0.349. The van der Waals surface area contributed by atoms with Gasteiger partial charge in [-0.25, -0.2) is 4.39 Å². The van der Waals surface area contributed by atoms with E-state index in [0.29, 0.717) is 32.6 Å². The van der Waals surface area contributed by atoms with Crippen LogP contribution in [0.4, 0.5) is 10.1 Å². The zero-order valence-corrected chi connectivity index (χ0v) is 11.7. The number of fused-ring (bicyclic) bond motifs is 1. The molecular formula is C17H11ClFNO. The predicted octanol–water partition coefficient (Wildman–Crippen LogP) is 4.45. The lowest BCUT2D eigenvalue weighted by Gasteiger charge is -2.08. The van der Waals surface area contributed by atoms with Crippen LogP contribution in [0.15, 0.2) is 54.6 Å². The fraction of sp³-hybridized carbons (Fsp3) is 0. The first-order valence-electron chi connectivity index (χ1n) is 6.35. The summed E-state index contributed by atoms with van der Waals surface area (Å²) in [5.41, 5.74) is 6.93. The van der Waals surface area contributed by atoms with E-state index < -0.39 is 0 Å². The Bertz CT molecular complexity index is 861. The summed E-state index contributed by atoms with van der Waals surface area (Å²) in [5.74, 6) is -0.563. The highest BCUT2D eigenvalue weighted by Crippen LogP contribution is 2.26. The molecule has 0 aromatic heterocycles. The first kappa shape index (κ1) is 13.6. The topological polar surface area (TPSA) is 43.1 Å². The van der Waals surface area contributed by atoms with Gasteiger partial charge in [-0.15, -0.1) is 0 Å². The van der Waals surface area contributed by atoms with Gasteiger partial charge in [0.05, 0.1) is 10.7 Å². The predicted molar refractivity (Wildman–Crippen MR) is 83.2 cm³/mol. The Morgan fingerprint density at radius 3 is 2.43 bits per heavy atom. The maximum absolute atomic E-state index is 13.8. The number of halogens is 2. The van der Waals surface area contributed by atoms with Gasteiger partial charge in [-0.3, -0.25) is 4.79 Å². The van der Waals surface area contributed by atoms with E-state index in [0.717, 1.165) is 0 Å². The van der Waals surface area contributed by atoms with Crippen LogP contribution in [0.1, 0.15) is 15.9 Å². The Labute approximate surface area is 126 Å². The van der Waals surface area contributed by atoms with Crippen molar-refractivity contribution in [2.24, 2.45) is 0 Å². The number of anilines is 1. The monoisotopic (exact) mass is 299 g/mol. The van der Waals surface area contributed by atoms with Gasteiger partial charge in [0.25, 0.3) is 0 Å². The number of nitrogens with two attached hydrogens (primary N) is 1. The van der Waals surface area contributed by atoms with Crippen LogP contribution < -0.4 is 5.73 Å². The van der Waals surface area contributed by atoms with Crippen LogP contribution in [-0.4, -0.2) is 5.78 Å². The van der Waals surface area contributed by atoms with Gasteiger partial charge in [0, 0.05) is 16.5 Å². The average Bonchev–Trinajstić information content (AvgIpc) is 2.50. The molecule has 0 amide bonds. The Morgan fingerprint density at radius 1 is 1.00 bits per heavy atom. The van der Waals surface area contributed by atoms with Crippen molar-refractivity contribution in [3.05, 3.63) is 76.6 Å². The molecule has 0 aliphatic carbocycles. The highest BCUT2D eigenvalue weighted by atomic mass is 35.5. The lowest BCUT2D eigenvalue weighted by Crippen LogP contribution is -2.04. The van der Waals surface area contributed by atoms with Gasteiger partial charge in [0.1, 0.15) is 5.82 Å². The standard InChI is InChI=1S/C17H11ClFNO/c18-14-7-5-10(9-16(14)20)17(21)13-6-8-15(19)12-4-2-1-3-11(12)13/h1-9H,20H2. The van der Waals surface area contributed by atoms with Crippen LogP contribution in [0.5, 0.6) is 0 Å². The molecule has 0 radical (unpaired) electrons. The van der Waals surface area contributed by atoms with Crippen molar-refractivity contribution in [1.82, 2.24) is 0 Å². The minimum absolute atomic E-state index is 0.213. The molecule has 0 aliphatic heterocycles. The molecule has 3 aromatic carbocycles. The molecule has 0 spiro atoms. The molecule has 0 aliphatic rings. The molecule has 104 valence electrons. The SMILES string of the molecule is Nc1cc(C(=O)c2ccc(F)c3ccccc23)ccc1Cl. The highest BCUT2D eigenvalue weighted by molar-refractivity contribution is 6.33. The molecule has 3 aromatic rings. The first-order valence-corrected chi connectivity index (χ1v) is 6.72. The molecule has 21 heavy (non-hydrogen) atoms. The Morgan fingerprint density at radius 2 is 1.71 bits per heavy atom. The van der Waals surface area contributed by atoms with Crippen LogP contribution in [0.3, 0.4) is 0 Å². The summed E-state index contributed by atoms with van der Waals surface area (Å²) in [6.45, 7) is 0. The zero-order chi connectivity index (χ0) is 15.0. The van der Waals surface area contributed by atoms with E-state index in [2.05, 4.69) is 0 Å². The second-order valence-corrected chi connectivity index (χ2v) is 5.11. The van der Waals surface area contributed by atoms with Crippen LogP contribution in [0, 0.1) is 5.82 Å². The maximum atomic E-state index is 13.8. The first-order chi connectivity index (χ1) is 10.1. The van der Waals surface area contributed by atoms with Crippen molar-refractivity contribution >= 4 is 33.8 Å². The normalized spacial score (nSPS) is 10.8. The van der Waals surface area contributed by atoms with E-state index in [1.54, 1.807) is 36.4 Å². The third-order valence-corrected chi connectivity index (χ3v) is 3.72. The van der Waals surface area contributed by atoms with Crippen LogP contribution in [0.25, 0.3) is 10.8 Å². The van der Waals surface area contributed by atoms with E-state index >= 15 is 0 Å². The quantitative estimate of drug-likeness (QED) is 0.561. The summed E-state index contributed by atoms with van der Waals surface area (Å²) in [7, 11) is 0. The molecule has 0 saturated carbocycles. The summed E-state index contributed by atoms with van der Waals surface area (Å²) >= 11 is 5.86. The number of nitrogen functional groups attached to an aromatic ring is 1. The average molecular weight is 300 g/mol. The van der Waals surface area contributed by atoms with Crippen LogP contribution in [0.2, 0.25) is 5.02 Å². The van der Waals surface area contributed by atoms with E-state index in [-0.39, 0.29) is 11.6 Å². The summed E-state index contributed by atoms with van der Waals surface area (Å²) in [4.78, 5) is 12.6. The summed E-state index contributed by atoms with van der Waals surface area (Å²) < 4.78 is 13.8. The van der Waals surface area contributed by atoms with Gasteiger partial charge in [-0.05, 0) is 35.7 Å². The van der Waals surface area contributed by atoms with Gasteiger partial charge in [0.2, 0.25) is 0 Å². The molecule has 0 saturated heterocycles. The molecule has 2 nitrogen and oxygen atoms in total. The molecule has 0 heterocycles. The second kappa shape index (κ2) is 5.19. The van der Waals surface area contributed by atoms with Gasteiger partial charge >= 0.3 is 0 Å². The number of hydrogen-bond acceptors (Lipinski definition) is 2. The largest absolute Gasteiger partial charge is 0.398 e.